The fourth-order valence-electron chi connectivity index (χ4n) is 1.55. The molecule has 0 saturated heterocycles. The number of nitrogens with one attached hydrogen (secondary N) is 1. The summed E-state index contributed by atoms with van der Waals surface area (Å²) in [6, 6.07) is 4.49. The third-order valence-electron chi connectivity index (χ3n) is 2.22. The number of hydrogen-bond donors (Lipinski definition) is 1. The van der Waals surface area contributed by atoms with Crippen molar-refractivity contribution in [1.82, 2.24) is 5.32 Å². The van der Waals surface area contributed by atoms with Crippen molar-refractivity contribution in [3.63, 3.8) is 0 Å². The van der Waals surface area contributed by atoms with E-state index in [2.05, 4.69) is 37.2 Å². The molecule has 0 aliphatic heterocycles. The van der Waals surface area contributed by atoms with Gasteiger partial charge in [-0.3, -0.25) is 0 Å². The van der Waals surface area contributed by atoms with Crippen LogP contribution < -0.4 is 5.32 Å². The fourth-order valence-corrected chi connectivity index (χ4v) is 2.45. The van der Waals surface area contributed by atoms with Crippen molar-refractivity contribution in [2.24, 2.45) is 0 Å². The van der Waals surface area contributed by atoms with E-state index in [1.807, 2.05) is 0 Å². The van der Waals surface area contributed by atoms with Gasteiger partial charge in [-0.15, -0.1) is 0 Å². The van der Waals surface area contributed by atoms with Crippen LogP contribution in [0, 0.1) is 0 Å². The van der Waals surface area contributed by atoms with Crippen LogP contribution in [-0.2, 0) is 0 Å². The number of benzene rings is 1. The summed E-state index contributed by atoms with van der Waals surface area (Å²) in [5.74, 6) is 0. The van der Waals surface area contributed by atoms with E-state index in [0.29, 0.717) is 16.6 Å². The predicted molar refractivity (Wildman–Crippen MR) is 68.9 cm³/mol. The highest BCUT2D eigenvalue weighted by atomic mass is 79.9. The van der Waals surface area contributed by atoms with Gasteiger partial charge in [0.15, 0.2) is 0 Å². The van der Waals surface area contributed by atoms with Crippen LogP contribution in [0.25, 0.3) is 0 Å². The second kappa shape index (κ2) is 6.20. The maximum atomic E-state index is 12.5. The molecule has 1 atom stereocenters. The van der Waals surface area contributed by atoms with Crippen molar-refractivity contribution in [2.45, 2.75) is 25.6 Å². The maximum absolute atomic E-state index is 12.5. The molecule has 1 nitrogen and oxygen atoms in total. The molecule has 1 aromatic carbocycles. The molecule has 0 heterocycles. The minimum absolute atomic E-state index is 0.486. The Bertz CT molecular complexity index is 379. The molecular weight excluding hydrogens is 363 g/mol. The Morgan fingerprint density at radius 2 is 1.94 bits per heavy atom. The zero-order chi connectivity index (χ0) is 13.1. The monoisotopic (exact) mass is 373 g/mol. The molecule has 0 fully saturated rings. The van der Waals surface area contributed by atoms with Gasteiger partial charge in [0, 0.05) is 15.0 Å². The number of hydrogen-bond acceptors (Lipinski definition) is 1. The third-order valence-corrected chi connectivity index (χ3v) is 3.43. The van der Waals surface area contributed by atoms with Crippen LogP contribution in [0.4, 0.5) is 13.2 Å². The SMILES string of the molecule is CCNC(CC(F)(F)F)c1cc(Br)ccc1Br. The molecule has 0 saturated carbocycles. The van der Waals surface area contributed by atoms with E-state index >= 15 is 0 Å². The lowest BCUT2D eigenvalue weighted by Crippen LogP contribution is -2.26. The summed E-state index contributed by atoms with van der Waals surface area (Å²) >= 11 is 6.55. The van der Waals surface area contributed by atoms with Crippen LogP contribution in [0.5, 0.6) is 0 Å². The van der Waals surface area contributed by atoms with E-state index in [0.717, 1.165) is 4.47 Å². The van der Waals surface area contributed by atoms with Crippen LogP contribution in [0.1, 0.15) is 24.9 Å². The lowest BCUT2D eigenvalue weighted by molar-refractivity contribution is -0.140. The van der Waals surface area contributed by atoms with E-state index in [1.54, 1.807) is 25.1 Å². The van der Waals surface area contributed by atoms with Gasteiger partial charge >= 0.3 is 6.18 Å². The molecule has 17 heavy (non-hydrogen) atoms. The van der Waals surface area contributed by atoms with Crippen LogP contribution >= 0.6 is 31.9 Å². The molecule has 0 bridgehead atoms. The topological polar surface area (TPSA) is 12.0 Å². The second-order valence-corrected chi connectivity index (χ2v) is 5.37. The van der Waals surface area contributed by atoms with Gasteiger partial charge in [0.25, 0.3) is 0 Å². The molecular formula is C11H12Br2F3N. The van der Waals surface area contributed by atoms with E-state index in [1.165, 1.54) is 0 Å². The smallest absolute Gasteiger partial charge is 0.310 e. The molecule has 1 aromatic rings. The van der Waals surface area contributed by atoms with Gasteiger partial charge in [-0.05, 0) is 30.3 Å². The van der Waals surface area contributed by atoms with E-state index in [-0.39, 0.29) is 0 Å². The highest BCUT2D eigenvalue weighted by molar-refractivity contribution is 9.11. The van der Waals surface area contributed by atoms with Crippen LogP contribution in [-0.4, -0.2) is 12.7 Å². The minimum atomic E-state index is -4.19. The molecule has 0 aliphatic rings. The number of rotatable bonds is 4. The average Bonchev–Trinajstić information content (AvgIpc) is 2.19. The lowest BCUT2D eigenvalue weighted by Gasteiger charge is -2.21. The molecule has 0 radical (unpaired) electrons. The zero-order valence-electron chi connectivity index (χ0n) is 9.11. The highest BCUT2D eigenvalue weighted by Crippen LogP contribution is 2.34. The van der Waals surface area contributed by atoms with E-state index in [9.17, 15) is 13.2 Å². The number of alkyl halides is 3. The molecule has 0 spiro atoms. The lowest BCUT2D eigenvalue weighted by atomic mass is 10.0. The Labute approximate surface area is 115 Å². The molecule has 1 rings (SSSR count). The first-order chi connectivity index (χ1) is 7.83. The van der Waals surface area contributed by atoms with Crippen molar-refractivity contribution in [2.75, 3.05) is 6.54 Å². The Morgan fingerprint density at radius 3 is 2.47 bits per heavy atom. The first kappa shape index (κ1) is 15.0. The summed E-state index contributed by atoms with van der Waals surface area (Å²) in [4.78, 5) is 0. The number of halogens is 5. The van der Waals surface area contributed by atoms with Gasteiger partial charge in [0.2, 0.25) is 0 Å². The fraction of sp³-hybridized carbons (Fsp3) is 0.455. The highest BCUT2D eigenvalue weighted by Gasteiger charge is 2.33. The Kier molecular flexibility index (Phi) is 5.47. The largest absolute Gasteiger partial charge is 0.390 e. The van der Waals surface area contributed by atoms with E-state index in [4.69, 9.17) is 0 Å². The molecule has 0 aromatic heterocycles. The molecule has 6 heteroatoms. The van der Waals surface area contributed by atoms with Crippen molar-refractivity contribution < 1.29 is 13.2 Å². The molecule has 0 amide bonds. The summed E-state index contributed by atoms with van der Waals surface area (Å²) in [6.45, 7) is 2.27. The van der Waals surface area contributed by atoms with Crippen LogP contribution in [0.3, 0.4) is 0 Å². The Hall–Kier alpha value is -0.0700. The summed E-state index contributed by atoms with van der Waals surface area (Å²) < 4.78 is 38.9. The van der Waals surface area contributed by atoms with Gasteiger partial charge in [0.1, 0.15) is 0 Å². The van der Waals surface area contributed by atoms with Gasteiger partial charge < -0.3 is 5.32 Å². The first-order valence-corrected chi connectivity index (χ1v) is 6.67. The Balaban J connectivity index is 3.00. The van der Waals surface area contributed by atoms with Gasteiger partial charge in [-0.2, -0.15) is 13.2 Å². The summed E-state index contributed by atoms with van der Waals surface area (Å²) in [7, 11) is 0. The van der Waals surface area contributed by atoms with Gasteiger partial charge in [-0.1, -0.05) is 38.8 Å². The first-order valence-electron chi connectivity index (χ1n) is 5.08. The molecule has 96 valence electrons. The Morgan fingerprint density at radius 1 is 1.29 bits per heavy atom. The molecule has 0 aliphatic carbocycles. The van der Waals surface area contributed by atoms with Gasteiger partial charge in [0.05, 0.1) is 6.42 Å². The van der Waals surface area contributed by atoms with E-state index < -0.39 is 18.6 Å². The van der Waals surface area contributed by atoms with Crippen molar-refractivity contribution in [1.29, 1.82) is 0 Å². The van der Waals surface area contributed by atoms with Crippen LogP contribution in [0.15, 0.2) is 27.1 Å². The van der Waals surface area contributed by atoms with Crippen molar-refractivity contribution in [3.05, 3.63) is 32.7 Å². The zero-order valence-corrected chi connectivity index (χ0v) is 12.3. The predicted octanol–water partition coefficient (Wildman–Crippen LogP) is 4.81. The third kappa shape index (κ3) is 4.97. The average molecular weight is 375 g/mol. The second-order valence-electron chi connectivity index (χ2n) is 3.60. The van der Waals surface area contributed by atoms with Crippen molar-refractivity contribution in [3.8, 4) is 0 Å². The summed E-state index contributed by atoms with van der Waals surface area (Å²) in [6.07, 6.45) is -5.06. The maximum Gasteiger partial charge on any atom is 0.390 e. The minimum Gasteiger partial charge on any atom is -0.310 e. The normalized spacial score (nSPS) is 13.8. The molecule has 1 N–H and O–H groups in total. The standard InChI is InChI=1S/C11H12Br2F3N/c1-2-17-10(6-11(14,15)16)8-5-7(12)3-4-9(8)13/h3-5,10,17H,2,6H2,1H3. The van der Waals surface area contributed by atoms with Crippen LogP contribution in [0.2, 0.25) is 0 Å². The molecule has 1 unspecified atom stereocenters. The van der Waals surface area contributed by atoms with Gasteiger partial charge in [-0.25, -0.2) is 0 Å². The summed E-state index contributed by atoms with van der Waals surface area (Å²) in [5, 5.41) is 2.85. The summed E-state index contributed by atoms with van der Waals surface area (Å²) in [5.41, 5.74) is 0.610. The van der Waals surface area contributed by atoms with Crippen molar-refractivity contribution >= 4 is 31.9 Å². The quantitative estimate of drug-likeness (QED) is 0.797.